The van der Waals surface area contributed by atoms with E-state index in [1.165, 1.54) is 0 Å². The summed E-state index contributed by atoms with van der Waals surface area (Å²) in [5, 5.41) is 3.72. The molecule has 0 fully saturated rings. The molecule has 1 aromatic heterocycles. The van der Waals surface area contributed by atoms with Gasteiger partial charge >= 0.3 is 0 Å². The van der Waals surface area contributed by atoms with Crippen LogP contribution in [-0.4, -0.2) is 11.3 Å². The zero-order valence-electron chi connectivity index (χ0n) is 12.2. The van der Waals surface area contributed by atoms with E-state index < -0.39 is 0 Å². The molecule has 23 heavy (non-hydrogen) atoms. The summed E-state index contributed by atoms with van der Waals surface area (Å²) in [6.07, 6.45) is 2.46. The molecule has 0 amide bonds. The number of anilines is 3. The number of hydrogen-bond donors (Lipinski definition) is 2. The lowest BCUT2D eigenvalue weighted by Gasteiger charge is -2.15. The number of nitrogen functional groups attached to an aromatic ring is 1. The number of aldehydes is 1. The molecular formula is C18H14ClN3O. The Morgan fingerprint density at radius 1 is 1.04 bits per heavy atom. The van der Waals surface area contributed by atoms with Gasteiger partial charge in [0.1, 0.15) is 0 Å². The van der Waals surface area contributed by atoms with E-state index in [1.54, 1.807) is 36.5 Å². The molecule has 0 saturated heterocycles. The number of hydrogen-bond acceptors (Lipinski definition) is 4. The molecule has 2 aromatic carbocycles. The maximum atomic E-state index is 11.4. The van der Waals surface area contributed by atoms with Gasteiger partial charge in [0.25, 0.3) is 0 Å². The number of benzene rings is 2. The smallest absolute Gasteiger partial charge is 0.153 e. The van der Waals surface area contributed by atoms with E-state index in [4.69, 9.17) is 17.3 Å². The quantitative estimate of drug-likeness (QED) is 0.692. The Balaban J connectivity index is 2.13. The molecule has 114 valence electrons. The van der Waals surface area contributed by atoms with Crippen LogP contribution in [0.2, 0.25) is 5.02 Å². The lowest BCUT2D eigenvalue weighted by molar-refractivity contribution is 0.112. The van der Waals surface area contributed by atoms with Gasteiger partial charge in [0.2, 0.25) is 0 Å². The third-order valence-electron chi connectivity index (χ3n) is 3.46. The van der Waals surface area contributed by atoms with E-state index in [1.807, 2.05) is 24.3 Å². The van der Waals surface area contributed by atoms with Crippen LogP contribution in [0.3, 0.4) is 0 Å². The summed E-state index contributed by atoms with van der Waals surface area (Å²) in [6.45, 7) is 0. The first kappa shape index (κ1) is 15.1. The van der Waals surface area contributed by atoms with Crippen molar-refractivity contribution < 1.29 is 4.79 Å². The van der Waals surface area contributed by atoms with E-state index >= 15 is 0 Å². The molecule has 0 unspecified atom stereocenters. The van der Waals surface area contributed by atoms with E-state index in [0.717, 1.165) is 17.5 Å². The number of nitrogens with one attached hydrogen (secondary N) is 1. The van der Waals surface area contributed by atoms with Gasteiger partial charge in [0.05, 0.1) is 5.69 Å². The molecule has 0 aliphatic carbocycles. The summed E-state index contributed by atoms with van der Waals surface area (Å²) >= 11 is 6.32. The topological polar surface area (TPSA) is 68.0 Å². The SMILES string of the molecule is Nc1cccnc1Nc1ccccc1-c1c(Cl)cccc1C=O. The molecule has 3 N–H and O–H groups in total. The fourth-order valence-electron chi connectivity index (χ4n) is 2.38. The predicted molar refractivity (Wildman–Crippen MR) is 94.2 cm³/mol. The zero-order valence-corrected chi connectivity index (χ0v) is 12.9. The highest BCUT2D eigenvalue weighted by Crippen LogP contribution is 2.37. The van der Waals surface area contributed by atoms with Crippen molar-refractivity contribution in [2.24, 2.45) is 0 Å². The van der Waals surface area contributed by atoms with Gasteiger partial charge in [-0.15, -0.1) is 0 Å². The minimum absolute atomic E-state index is 0.512. The lowest BCUT2D eigenvalue weighted by Crippen LogP contribution is -2.00. The van der Waals surface area contributed by atoms with Crippen LogP contribution >= 0.6 is 11.6 Å². The summed E-state index contributed by atoms with van der Waals surface area (Å²) in [5.74, 6) is 0.555. The molecule has 0 atom stereocenters. The normalized spacial score (nSPS) is 10.3. The van der Waals surface area contributed by atoms with Crippen molar-refractivity contribution in [3.63, 3.8) is 0 Å². The maximum absolute atomic E-state index is 11.4. The molecule has 0 aliphatic heterocycles. The van der Waals surface area contributed by atoms with Gasteiger partial charge in [0.15, 0.2) is 12.1 Å². The van der Waals surface area contributed by atoms with E-state index in [0.29, 0.717) is 27.7 Å². The third-order valence-corrected chi connectivity index (χ3v) is 3.78. The van der Waals surface area contributed by atoms with Crippen molar-refractivity contribution in [2.75, 3.05) is 11.1 Å². The summed E-state index contributed by atoms with van der Waals surface area (Å²) in [6, 6.07) is 16.4. The van der Waals surface area contributed by atoms with Gasteiger partial charge in [-0.05, 0) is 24.3 Å². The van der Waals surface area contributed by atoms with E-state index in [-0.39, 0.29) is 0 Å². The van der Waals surface area contributed by atoms with Crippen LogP contribution in [0.1, 0.15) is 10.4 Å². The Labute approximate surface area is 138 Å². The highest BCUT2D eigenvalue weighted by Gasteiger charge is 2.13. The molecule has 3 aromatic rings. The minimum Gasteiger partial charge on any atom is -0.396 e. The average Bonchev–Trinajstić information content (AvgIpc) is 2.57. The largest absolute Gasteiger partial charge is 0.396 e. The van der Waals surface area contributed by atoms with Crippen molar-refractivity contribution in [1.82, 2.24) is 4.98 Å². The predicted octanol–water partition coefficient (Wildman–Crippen LogP) is 4.54. The maximum Gasteiger partial charge on any atom is 0.153 e. The summed E-state index contributed by atoms with van der Waals surface area (Å²) in [4.78, 5) is 15.6. The second kappa shape index (κ2) is 6.50. The van der Waals surface area contributed by atoms with Crippen LogP contribution in [-0.2, 0) is 0 Å². The number of nitrogens with two attached hydrogens (primary N) is 1. The fraction of sp³-hybridized carbons (Fsp3) is 0. The van der Waals surface area contributed by atoms with Crippen molar-refractivity contribution in [1.29, 1.82) is 0 Å². The van der Waals surface area contributed by atoms with Gasteiger partial charge in [-0.25, -0.2) is 4.98 Å². The molecule has 0 saturated carbocycles. The van der Waals surface area contributed by atoms with Crippen LogP contribution in [0.5, 0.6) is 0 Å². The molecule has 0 spiro atoms. The minimum atomic E-state index is 0.512. The van der Waals surface area contributed by atoms with Gasteiger partial charge in [-0.2, -0.15) is 0 Å². The van der Waals surface area contributed by atoms with Gasteiger partial charge in [0, 0.05) is 33.6 Å². The van der Waals surface area contributed by atoms with Crippen LogP contribution in [0, 0.1) is 0 Å². The molecular weight excluding hydrogens is 310 g/mol. The molecule has 0 radical (unpaired) electrons. The average molecular weight is 324 g/mol. The number of para-hydroxylation sites is 1. The number of carbonyl (C=O) groups excluding carboxylic acids is 1. The molecule has 3 rings (SSSR count). The van der Waals surface area contributed by atoms with Crippen LogP contribution in [0.15, 0.2) is 60.8 Å². The van der Waals surface area contributed by atoms with Crippen LogP contribution in [0.4, 0.5) is 17.2 Å². The Hall–Kier alpha value is -2.85. The number of halogens is 1. The Morgan fingerprint density at radius 3 is 2.65 bits per heavy atom. The lowest BCUT2D eigenvalue weighted by atomic mass is 9.98. The van der Waals surface area contributed by atoms with Crippen molar-refractivity contribution in [2.45, 2.75) is 0 Å². The van der Waals surface area contributed by atoms with Crippen LogP contribution < -0.4 is 11.1 Å². The van der Waals surface area contributed by atoms with Crippen LogP contribution in [0.25, 0.3) is 11.1 Å². The van der Waals surface area contributed by atoms with Gasteiger partial charge < -0.3 is 11.1 Å². The molecule has 5 heteroatoms. The van der Waals surface area contributed by atoms with Crippen molar-refractivity contribution in [3.05, 3.63) is 71.4 Å². The number of carbonyl (C=O) groups is 1. The number of rotatable bonds is 4. The Bertz CT molecular complexity index is 864. The monoisotopic (exact) mass is 323 g/mol. The summed E-state index contributed by atoms with van der Waals surface area (Å²) < 4.78 is 0. The van der Waals surface area contributed by atoms with Crippen molar-refractivity contribution in [3.8, 4) is 11.1 Å². The van der Waals surface area contributed by atoms with Gasteiger partial charge in [-0.3, -0.25) is 4.79 Å². The first-order valence-corrected chi connectivity index (χ1v) is 7.39. The Morgan fingerprint density at radius 2 is 1.87 bits per heavy atom. The summed E-state index contributed by atoms with van der Waals surface area (Å²) in [5.41, 5.74) is 9.27. The molecule has 0 aliphatic rings. The zero-order chi connectivity index (χ0) is 16.2. The van der Waals surface area contributed by atoms with E-state index in [2.05, 4.69) is 10.3 Å². The summed E-state index contributed by atoms with van der Waals surface area (Å²) in [7, 11) is 0. The highest BCUT2D eigenvalue weighted by atomic mass is 35.5. The molecule has 0 bridgehead atoms. The highest BCUT2D eigenvalue weighted by molar-refractivity contribution is 6.34. The fourth-order valence-corrected chi connectivity index (χ4v) is 2.67. The molecule has 1 heterocycles. The van der Waals surface area contributed by atoms with Gasteiger partial charge in [-0.1, -0.05) is 41.9 Å². The molecule has 4 nitrogen and oxygen atoms in total. The first-order chi connectivity index (χ1) is 11.2. The van der Waals surface area contributed by atoms with Crippen molar-refractivity contribution >= 4 is 35.1 Å². The third kappa shape index (κ3) is 3.03. The van der Waals surface area contributed by atoms with E-state index in [9.17, 15) is 4.79 Å². The first-order valence-electron chi connectivity index (χ1n) is 7.01. The standard InChI is InChI=1S/C18H14ClN3O/c19-14-7-3-5-12(11-23)17(14)13-6-1-2-9-16(13)22-18-15(20)8-4-10-21-18/h1-11H,20H2,(H,21,22). The Kier molecular flexibility index (Phi) is 4.26. The number of pyridine rings is 1. The number of aromatic nitrogens is 1. The number of nitrogens with zero attached hydrogens (tertiary/aromatic N) is 1. The second-order valence-corrected chi connectivity index (χ2v) is 5.34. The second-order valence-electron chi connectivity index (χ2n) is 4.93.